The van der Waals surface area contributed by atoms with Gasteiger partial charge in [-0.3, -0.25) is 0 Å². The number of nitriles is 1. The number of ether oxygens (including phenoxy) is 1. The molecule has 0 aliphatic carbocycles. The van der Waals surface area contributed by atoms with Gasteiger partial charge in [-0.25, -0.2) is 9.97 Å². The van der Waals surface area contributed by atoms with E-state index in [2.05, 4.69) is 21.4 Å². The molecule has 0 unspecified atom stereocenters. The Labute approximate surface area is 140 Å². The first kappa shape index (κ1) is 15.5. The molecule has 3 aromatic rings. The summed E-state index contributed by atoms with van der Waals surface area (Å²) in [5.41, 5.74) is 2.96. The highest BCUT2D eigenvalue weighted by molar-refractivity contribution is 5.61. The second-order valence-corrected chi connectivity index (χ2v) is 5.13. The maximum absolute atomic E-state index is 9.35. The number of aromatic nitrogens is 2. The molecule has 0 radical (unpaired) electrons. The lowest BCUT2D eigenvalue weighted by Crippen LogP contribution is -2.05. The van der Waals surface area contributed by atoms with Crippen LogP contribution in [0.15, 0.2) is 60.8 Å². The Hall–Kier alpha value is -3.39. The SMILES string of the molecule is COc1ccc(CNc2ncc(-c3ccccc3)nc2C#N)cc1. The van der Waals surface area contributed by atoms with E-state index < -0.39 is 0 Å². The molecule has 2 aromatic carbocycles. The number of nitrogens with zero attached hydrogens (tertiary/aromatic N) is 3. The van der Waals surface area contributed by atoms with Crippen molar-refractivity contribution in [1.82, 2.24) is 9.97 Å². The van der Waals surface area contributed by atoms with Gasteiger partial charge < -0.3 is 10.1 Å². The molecule has 0 atom stereocenters. The summed E-state index contributed by atoms with van der Waals surface area (Å²) in [7, 11) is 1.64. The van der Waals surface area contributed by atoms with Crippen LogP contribution in [0.25, 0.3) is 11.3 Å². The smallest absolute Gasteiger partial charge is 0.183 e. The summed E-state index contributed by atoms with van der Waals surface area (Å²) in [6.45, 7) is 0.554. The van der Waals surface area contributed by atoms with Gasteiger partial charge in [0.25, 0.3) is 0 Å². The van der Waals surface area contributed by atoms with Crippen molar-refractivity contribution >= 4 is 5.82 Å². The van der Waals surface area contributed by atoms with Gasteiger partial charge >= 0.3 is 0 Å². The number of hydrogen-bond donors (Lipinski definition) is 1. The number of anilines is 1. The van der Waals surface area contributed by atoms with Crippen molar-refractivity contribution < 1.29 is 4.74 Å². The van der Waals surface area contributed by atoms with Crippen molar-refractivity contribution in [2.24, 2.45) is 0 Å². The zero-order valence-electron chi connectivity index (χ0n) is 13.2. The summed E-state index contributed by atoms with van der Waals surface area (Å²) in [6, 6.07) is 19.5. The maximum Gasteiger partial charge on any atom is 0.183 e. The molecule has 1 heterocycles. The van der Waals surface area contributed by atoms with Crippen LogP contribution in [0.4, 0.5) is 5.82 Å². The Bertz CT molecular complexity index is 855. The highest BCUT2D eigenvalue weighted by Gasteiger charge is 2.08. The van der Waals surface area contributed by atoms with Gasteiger partial charge in [-0.2, -0.15) is 5.26 Å². The van der Waals surface area contributed by atoms with Crippen LogP contribution >= 0.6 is 0 Å². The van der Waals surface area contributed by atoms with Crippen LogP contribution in [0.2, 0.25) is 0 Å². The molecule has 24 heavy (non-hydrogen) atoms. The lowest BCUT2D eigenvalue weighted by Gasteiger charge is -2.09. The molecule has 3 rings (SSSR count). The summed E-state index contributed by atoms with van der Waals surface area (Å²) in [6.07, 6.45) is 1.67. The largest absolute Gasteiger partial charge is 0.497 e. The van der Waals surface area contributed by atoms with Crippen LogP contribution in [0.5, 0.6) is 5.75 Å². The molecule has 0 spiro atoms. The van der Waals surface area contributed by atoms with Crippen LogP contribution in [0.3, 0.4) is 0 Å². The first-order valence-corrected chi connectivity index (χ1v) is 7.49. The second kappa shape index (κ2) is 7.25. The monoisotopic (exact) mass is 316 g/mol. The van der Waals surface area contributed by atoms with Gasteiger partial charge in [-0.15, -0.1) is 0 Å². The molecule has 1 N–H and O–H groups in total. The van der Waals surface area contributed by atoms with Crippen LogP contribution in [0.1, 0.15) is 11.3 Å². The Kier molecular flexibility index (Phi) is 4.68. The third-order valence-electron chi connectivity index (χ3n) is 3.57. The molecular formula is C19H16N4O. The van der Waals surface area contributed by atoms with Crippen LogP contribution in [-0.4, -0.2) is 17.1 Å². The molecule has 5 heteroatoms. The zero-order valence-corrected chi connectivity index (χ0v) is 13.2. The van der Waals surface area contributed by atoms with Gasteiger partial charge in [0, 0.05) is 12.1 Å². The molecule has 0 saturated carbocycles. The fourth-order valence-electron chi connectivity index (χ4n) is 2.27. The first-order chi connectivity index (χ1) is 11.8. The minimum atomic E-state index is 0.282. The topological polar surface area (TPSA) is 70.8 Å². The van der Waals surface area contributed by atoms with Crippen molar-refractivity contribution in [1.29, 1.82) is 5.26 Å². The summed E-state index contributed by atoms with van der Waals surface area (Å²) >= 11 is 0. The number of nitrogens with one attached hydrogen (secondary N) is 1. The molecular weight excluding hydrogens is 300 g/mol. The van der Waals surface area contributed by atoms with Crippen LogP contribution in [0, 0.1) is 11.3 Å². The predicted octanol–water partition coefficient (Wildman–Crippen LogP) is 3.64. The van der Waals surface area contributed by atoms with E-state index in [4.69, 9.17) is 4.74 Å². The Balaban J connectivity index is 1.77. The van der Waals surface area contributed by atoms with Gasteiger partial charge in [-0.05, 0) is 17.7 Å². The predicted molar refractivity (Wildman–Crippen MR) is 92.5 cm³/mol. The van der Waals surface area contributed by atoms with Crippen LogP contribution in [-0.2, 0) is 6.54 Å². The van der Waals surface area contributed by atoms with Crippen molar-refractivity contribution in [2.75, 3.05) is 12.4 Å². The molecule has 1 aromatic heterocycles. The third-order valence-corrected chi connectivity index (χ3v) is 3.57. The lowest BCUT2D eigenvalue weighted by molar-refractivity contribution is 0.414. The highest BCUT2D eigenvalue weighted by Crippen LogP contribution is 2.19. The summed E-state index contributed by atoms with van der Waals surface area (Å²) in [5.74, 6) is 1.29. The molecule has 0 bridgehead atoms. The highest BCUT2D eigenvalue weighted by atomic mass is 16.5. The minimum absolute atomic E-state index is 0.282. The normalized spacial score (nSPS) is 10.0. The third kappa shape index (κ3) is 3.50. The molecule has 0 amide bonds. The van der Waals surface area contributed by atoms with E-state index >= 15 is 0 Å². The van der Waals surface area contributed by atoms with E-state index in [1.807, 2.05) is 54.6 Å². The van der Waals surface area contributed by atoms with E-state index in [0.29, 0.717) is 18.1 Å². The van der Waals surface area contributed by atoms with Gasteiger partial charge in [0.1, 0.15) is 11.8 Å². The number of hydrogen-bond acceptors (Lipinski definition) is 5. The van der Waals surface area contributed by atoms with Crippen molar-refractivity contribution in [3.63, 3.8) is 0 Å². The van der Waals surface area contributed by atoms with E-state index in [0.717, 1.165) is 16.9 Å². The Morgan fingerprint density at radius 2 is 1.83 bits per heavy atom. The number of methoxy groups -OCH3 is 1. The standard InChI is InChI=1S/C19H16N4O/c1-24-16-9-7-14(8-10-16)12-21-19-17(11-20)23-18(13-22-19)15-5-3-2-4-6-15/h2-10,13H,12H2,1H3,(H,21,22). The molecule has 118 valence electrons. The lowest BCUT2D eigenvalue weighted by atomic mass is 10.1. The second-order valence-electron chi connectivity index (χ2n) is 5.13. The number of rotatable bonds is 5. The van der Waals surface area contributed by atoms with Crippen LogP contribution < -0.4 is 10.1 Å². The van der Waals surface area contributed by atoms with Gasteiger partial charge in [0.05, 0.1) is 19.0 Å². The van der Waals surface area contributed by atoms with E-state index in [9.17, 15) is 5.26 Å². The van der Waals surface area contributed by atoms with E-state index in [-0.39, 0.29) is 5.69 Å². The van der Waals surface area contributed by atoms with E-state index in [1.54, 1.807) is 13.3 Å². The average molecular weight is 316 g/mol. The Morgan fingerprint density at radius 1 is 1.08 bits per heavy atom. The van der Waals surface area contributed by atoms with Crippen molar-refractivity contribution in [3.05, 3.63) is 72.1 Å². The van der Waals surface area contributed by atoms with Gasteiger partial charge in [-0.1, -0.05) is 42.5 Å². The maximum atomic E-state index is 9.35. The summed E-state index contributed by atoms with van der Waals surface area (Å²) in [5, 5.41) is 12.5. The minimum Gasteiger partial charge on any atom is -0.497 e. The van der Waals surface area contributed by atoms with Gasteiger partial charge in [0.2, 0.25) is 0 Å². The fourth-order valence-corrected chi connectivity index (χ4v) is 2.27. The molecule has 0 aliphatic rings. The number of benzene rings is 2. The van der Waals surface area contributed by atoms with Crippen molar-refractivity contribution in [3.8, 4) is 23.1 Å². The summed E-state index contributed by atoms with van der Waals surface area (Å²) < 4.78 is 5.14. The fraction of sp³-hybridized carbons (Fsp3) is 0.105. The molecule has 0 fully saturated rings. The first-order valence-electron chi connectivity index (χ1n) is 7.49. The van der Waals surface area contributed by atoms with E-state index in [1.165, 1.54) is 0 Å². The summed E-state index contributed by atoms with van der Waals surface area (Å²) in [4.78, 5) is 8.75. The quantitative estimate of drug-likeness (QED) is 0.778. The molecule has 0 saturated heterocycles. The Morgan fingerprint density at radius 3 is 2.50 bits per heavy atom. The molecule has 0 aliphatic heterocycles. The van der Waals surface area contributed by atoms with Crippen molar-refractivity contribution in [2.45, 2.75) is 6.54 Å². The van der Waals surface area contributed by atoms with Gasteiger partial charge in [0.15, 0.2) is 11.5 Å². The molecule has 5 nitrogen and oxygen atoms in total. The zero-order chi connectivity index (χ0) is 16.8. The average Bonchev–Trinajstić information content (AvgIpc) is 2.67.